The van der Waals surface area contributed by atoms with E-state index in [-0.39, 0.29) is 12.1 Å². The number of aldehydes is 1. The van der Waals surface area contributed by atoms with Crippen LogP contribution in [0.25, 0.3) is 5.69 Å². The van der Waals surface area contributed by atoms with E-state index in [9.17, 15) is 35.6 Å². The number of halogens is 9. The quantitative estimate of drug-likeness (QED) is 0.0581. The van der Waals surface area contributed by atoms with Crippen LogP contribution in [0.3, 0.4) is 0 Å². The monoisotopic (exact) mass is 931 g/mol. The summed E-state index contributed by atoms with van der Waals surface area (Å²) in [6.07, 6.45) is 4.76. The van der Waals surface area contributed by atoms with Crippen molar-refractivity contribution in [3.63, 3.8) is 0 Å². The number of aliphatic carboxylic acids is 1. The van der Waals surface area contributed by atoms with E-state index in [1.165, 1.54) is 27.9 Å². The van der Waals surface area contributed by atoms with Crippen LogP contribution in [0.15, 0.2) is 109 Å². The molecule has 1 unspecified atom stereocenters. The molecule has 1 aromatic heterocycles. The standard InChI is InChI=1S/C18H14F2N3O.C9H8Br2O.C9H9BrO2.BF4/c19-12-6-13(20)8-14(7-12)23-10-22-17(21-23)9-24-16-5-11-3-1-2-4-15(11)18(16)22;10-9(11,7-12)6-8-4-2-1-3-5-8;10-8(9(11)12)6-7-4-2-1-3-5-7;2-1(3,4)5/h1-4,6-8,10,16,18H,5,9H2;1-5,7H,6H2;1-5,8H,6H2,(H,11,12);/q+1;;;-1/t16-,18?;;8-;/m0.1./s1. The van der Waals surface area contributed by atoms with Gasteiger partial charge < -0.3 is 31.9 Å². The zero-order valence-electron chi connectivity index (χ0n) is 27.5. The number of hydrogen-bond donors (Lipinski definition) is 1. The fraction of sp³-hybridized carbons (Fsp3) is 0.222. The van der Waals surface area contributed by atoms with Gasteiger partial charge in [-0.05, 0) is 28.7 Å². The molecule has 0 bridgehead atoms. The Labute approximate surface area is 326 Å². The highest BCUT2D eigenvalue weighted by atomic mass is 79.9. The van der Waals surface area contributed by atoms with E-state index in [0.717, 1.165) is 35.7 Å². The second-order valence-corrected chi connectivity index (χ2v) is 16.7. The van der Waals surface area contributed by atoms with Crippen molar-refractivity contribution in [1.82, 2.24) is 9.78 Å². The number of fused-ring (bicyclic) bond motifs is 5. The van der Waals surface area contributed by atoms with Gasteiger partial charge in [0.15, 0.2) is 0 Å². The molecule has 5 aromatic rings. The van der Waals surface area contributed by atoms with Gasteiger partial charge in [-0.2, -0.15) is 0 Å². The lowest BCUT2D eigenvalue weighted by Gasteiger charge is -2.23. The Kier molecular flexibility index (Phi) is 15.0. The van der Waals surface area contributed by atoms with Gasteiger partial charge in [0.05, 0.1) is 0 Å². The minimum Gasteiger partial charge on any atom is -0.480 e. The molecule has 53 heavy (non-hydrogen) atoms. The van der Waals surface area contributed by atoms with Gasteiger partial charge in [0, 0.05) is 36.1 Å². The van der Waals surface area contributed by atoms with Gasteiger partial charge >= 0.3 is 19.0 Å². The number of carboxylic acids is 1. The molecule has 1 aliphatic heterocycles. The van der Waals surface area contributed by atoms with E-state index in [1.807, 2.05) is 72.8 Å². The van der Waals surface area contributed by atoms with Gasteiger partial charge in [-0.3, -0.25) is 4.79 Å². The molecule has 4 aromatic carbocycles. The number of carbonyl (C=O) groups is 2. The van der Waals surface area contributed by atoms with E-state index in [2.05, 4.69) is 69.6 Å². The summed E-state index contributed by atoms with van der Waals surface area (Å²) in [5.41, 5.74) is 5.01. The Morgan fingerprint density at radius 2 is 1.49 bits per heavy atom. The molecule has 2 heterocycles. The summed E-state index contributed by atoms with van der Waals surface area (Å²) in [7, 11) is -6.00. The van der Waals surface area contributed by atoms with Gasteiger partial charge in [0.2, 0.25) is 6.33 Å². The van der Waals surface area contributed by atoms with Crippen LogP contribution in [-0.4, -0.2) is 48.6 Å². The van der Waals surface area contributed by atoms with Crippen LogP contribution >= 0.6 is 47.8 Å². The first-order valence-electron chi connectivity index (χ1n) is 15.8. The number of rotatable bonds is 7. The maximum atomic E-state index is 13.5. The predicted octanol–water partition coefficient (Wildman–Crippen LogP) is 8.77. The Balaban J connectivity index is 0.000000183. The number of ether oxygens (including phenoxy) is 1. The second kappa shape index (κ2) is 19.0. The van der Waals surface area contributed by atoms with Gasteiger partial charge in [0.25, 0.3) is 0 Å². The lowest BCUT2D eigenvalue weighted by Crippen LogP contribution is -2.51. The lowest BCUT2D eigenvalue weighted by molar-refractivity contribution is -0.739. The van der Waals surface area contributed by atoms with Crippen molar-refractivity contribution in [3.05, 3.63) is 149 Å². The van der Waals surface area contributed by atoms with Crippen LogP contribution in [0.2, 0.25) is 0 Å². The molecule has 1 N–H and O–H groups in total. The normalized spacial score (nSPS) is 16.1. The molecule has 0 radical (unpaired) electrons. The molecule has 7 rings (SSSR count). The number of nitrogens with zero attached hydrogens (tertiary/aromatic N) is 3. The fourth-order valence-corrected chi connectivity index (χ4v) is 6.56. The number of aromatic nitrogens is 3. The minimum absolute atomic E-state index is 0.0529. The highest BCUT2D eigenvalue weighted by Crippen LogP contribution is 2.35. The lowest BCUT2D eigenvalue weighted by atomic mass is 10.1. The van der Waals surface area contributed by atoms with Gasteiger partial charge in [-0.1, -0.05) is 137 Å². The third-order valence-corrected chi connectivity index (χ3v) is 9.37. The smallest absolute Gasteiger partial charge is 0.480 e. The van der Waals surface area contributed by atoms with E-state index < -0.39 is 32.9 Å². The maximum absolute atomic E-state index is 13.5. The van der Waals surface area contributed by atoms with Gasteiger partial charge in [0.1, 0.15) is 50.4 Å². The summed E-state index contributed by atoms with van der Waals surface area (Å²) in [6.45, 7) is 0.389. The summed E-state index contributed by atoms with van der Waals surface area (Å²) >= 11 is 9.61. The van der Waals surface area contributed by atoms with Crippen molar-refractivity contribution in [1.29, 1.82) is 0 Å². The SMILES string of the molecule is F[B-](F)(F)F.Fc1cc(F)cc(-n2c[n+]3c(n2)CO[C@H]2Cc4ccccc4C23)c1.O=C(O)[C@H](Br)Cc1ccccc1.O=CC(Br)(Br)Cc1ccccc1. The average Bonchev–Trinajstić information content (AvgIpc) is 3.70. The summed E-state index contributed by atoms with van der Waals surface area (Å²) in [6, 6.07) is 31.1. The maximum Gasteiger partial charge on any atom is 0.673 e. The van der Waals surface area contributed by atoms with E-state index in [0.29, 0.717) is 25.1 Å². The Morgan fingerprint density at radius 3 is 2.06 bits per heavy atom. The number of alkyl halides is 3. The molecule has 17 heteroatoms. The number of carbonyl (C=O) groups excluding carboxylic acids is 1. The zero-order chi connectivity index (χ0) is 38.8. The third-order valence-electron chi connectivity index (χ3n) is 7.72. The molecule has 0 fully saturated rings. The highest BCUT2D eigenvalue weighted by Gasteiger charge is 2.43. The van der Waals surface area contributed by atoms with Crippen molar-refractivity contribution < 1.29 is 50.0 Å². The second-order valence-electron chi connectivity index (χ2n) is 11.7. The van der Waals surface area contributed by atoms with Crippen molar-refractivity contribution >= 4 is 67.3 Å². The van der Waals surface area contributed by atoms with E-state index in [1.54, 1.807) is 6.33 Å². The Hall–Kier alpha value is -3.80. The molecule has 1 aliphatic carbocycles. The first-order valence-corrected chi connectivity index (χ1v) is 18.3. The Morgan fingerprint density at radius 1 is 0.943 bits per heavy atom. The van der Waals surface area contributed by atoms with E-state index in [4.69, 9.17) is 9.84 Å². The van der Waals surface area contributed by atoms with Crippen LogP contribution in [0.4, 0.5) is 26.0 Å². The summed E-state index contributed by atoms with van der Waals surface area (Å²) in [4.78, 5) is 20.5. The first-order chi connectivity index (χ1) is 25.0. The van der Waals surface area contributed by atoms with E-state index >= 15 is 0 Å². The summed E-state index contributed by atoms with van der Waals surface area (Å²) in [5, 5.41) is 13.1. The van der Waals surface area contributed by atoms with Crippen LogP contribution in [0.1, 0.15) is 34.1 Å². The molecule has 7 nitrogen and oxygen atoms in total. The topological polar surface area (TPSA) is 85.3 Å². The molecule has 3 atom stereocenters. The number of hydrogen-bond acceptors (Lipinski definition) is 4. The molecule has 2 aliphatic rings. The molecule has 0 amide bonds. The Bertz CT molecular complexity index is 1950. The number of benzene rings is 4. The largest absolute Gasteiger partial charge is 0.673 e. The molecular formula is C36H31BBr3F6N3O4. The number of carboxylic acid groups (broad SMARTS) is 1. The third kappa shape index (κ3) is 13.2. The molecule has 0 saturated heterocycles. The van der Waals surface area contributed by atoms with Crippen LogP contribution in [-0.2, 0) is 40.2 Å². The minimum atomic E-state index is -6.00. The van der Waals surface area contributed by atoms with Crippen molar-refractivity contribution in [2.75, 3.05) is 0 Å². The molecular weight excluding hydrogens is 903 g/mol. The van der Waals surface area contributed by atoms with Gasteiger partial charge in [-0.25, -0.2) is 13.3 Å². The van der Waals surface area contributed by atoms with Gasteiger partial charge in [-0.15, -0.1) is 0 Å². The van der Waals surface area contributed by atoms with Crippen LogP contribution in [0.5, 0.6) is 0 Å². The molecule has 0 saturated carbocycles. The van der Waals surface area contributed by atoms with Crippen molar-refractivity contribution in [2.45, 2.75) is 46.1 Å². The first kappa shape index (κ1) is 42.0. The predicted molar refractivity (Wildman–Crippen MR) is 198 cm³/mol. The molecule has 280 valence electrons. The van der Waals surface area contributed by atoms with Crippen molar-refractivity contribution in [3.8, 4) is 5.69 Å². The fourth-order valence-electron chi connectivity index (χ4n) is 5.53. The van der Waals surface area contributed by atoms with Crippen LogP contribution < -0.4 is 4.57 Å². The zero-order valence-corrected chi connectivity index (χ0v) is 32.3. The highest BCUT2D eigenvalue weighted by molar-refractivity contribution is 9.25. The average molecular weight is 934 g/mol. The summed E-state index contributed by atoms with van der Waals surface area (Å²) < 4.78 is 74.9. The summed E-state index contributed by atoms with van der Waals surface area (Å²) in [5.74, 6) is -1.32. The van der Waals surface area contributed by atoms with Crippen molar-refractivity contribution in [2.24, 2.45) is 0 Å². The molecule has 0 spiro atoms. The van der Waals surface area contributed by atoms with Crippen LogP contribution in [0, 0.1) is 11.6 Å².